The van der Waals surface area contributed by atoms with E-state index in [1.54, 1.807) is 145 Å². The average Bonchev–Trinajstić information content (AvgIpc) is 1.57. The van der Waals surface area contributed by atoms with Crippen LogP contribution in [0.1, 0.15) is 153 Å². The number of esters is 1. The predicted molar refractivity (Wildman–Crippen MR) is 442 cm³/mol. The second kappa shape index (κ2) is 34.1. The summed E-state index contributed by atoms with van der Waals surface area (Å²) in [6.07, 6.45) is 13.2. The number of aromatic hydroxyl groups is 4. The van der Waals surface area contributed by atoms with E-state index in [4.69, 9.17) is 4.74 Å². The Kier molecular flexibility index (Phi) is 22.5. The Hall–Kier alpha value is -15.1. The number of phenols is 4. The van der Waals surface area contributed by atoms with E-state index < -0.39 is 29.6 Å². The van der Waals surface area contributed by atoms with E-state index in [9.17, 15) is 76.3 Å². The van der Waals surface area contributed by atoms with Gasteiger partial charge in [0.1, 0.15) is 51.2 Å². The molecule has 0 saturated heterocycles. The monoisotopic (exact) mass is 1660 g/mol. The minimum absolute atomic E-state index is 0.0590. The molecular weight excluding hydrogens is 1590 g/mol. The summed E-state index contributed by atoms with van der Waals surface area (Å²) in [5, 5.41) is 53.1. The quantitative estimate of drug-likeness (QED) is 0.0410. The molecule has 8 aromatic carbocycles. The number of rotatable bonds is 15. The van der Waals surface area contributed by atoms with E-state index in [0.29, 0.717) is 65.9 Å². The van der Waals surface area contributed by atoms with Crippen LogP contribution in [-0.4, -0.2) is 137 Å². The first kappa shape index (κ1) is 80.6. The molecule has 612 valence electrons. The first-order valence-electron chi connectivity index (χ1n) is 38.5. The van der Waals surface area contributed by atoms with Crippen LogP contribution in [0.2, 0.25) is 0 Å². The van der Waals surface area contributed by atoms with Gasteiger partial charge in [-0.05, 0) is 120 Å². The number of nitrogens with one attached hydrogen (secondary N) is 2. The highest BCUT2D eigenvalue weighted by Gasteiger charge is 2.42. The number of methoxy groups -OCH3 is 1. The molecule has 6 N–H and O–H groups in total. The van der Waals surface area contributed by atoms with Crippen LogP contribution in [0.5, 0.6) is 23.0 Å². The van der Waals surface area contributed by atoms with Crippen LogP contribution in [0.15, 0.2) is 206 Å². The van der Waals surface area contributed by atoms with Gasteiger partial charge in [-0.25, -0.2) is 32.3 Å². The van der Waals surface area contributed by atoms with E-state index in [-0.39, 0.29) is 178 Å². The molecule has 31 heteroatoms. The van der Waals surface area contributed by atoms with Gasteiger partial charge in [-0.2, -0.15) is 0 Å². The molecule has 14 aromatic rings. The number of benzene rings is 8. The fourth-order valence-electron chi connectivity index (χ4n) is 16.1. The van der Waals surface area contributed by atoms with Crippen LogP contribution < -0.4 is 15.5 Å². The third kappa shape index (κ3) is 15.6. The third-order valence-corrected chi connectivity index (χ3v) is 22.5. The lowest BCUT2D eigenvalue weighted by Gasteiger charge is -2.20. The highest BCUT2D eigenvalue weighted by Crippen LogP contribution is 2.46. The molecule has 0 spiro atoms. The average molecular weight is 1660 g/mol. The normalized spacial score (nSPS) is 13.8. The molecule has 0 atom stereocenters. The highest BCUT2D eigenvalue weighted by atomic mass is 32.1. The van der Waals surface area contributed by atoms with Gasteiger partial charge in [0.2, 0.25) is 0 Å². The summed E-state index contributed by atoms with van der Waals surface area (Å²) < 4.78 is 57.8. The lowest BCUT2D eigenvalue weighted by molar-refractivity contribution is 0.0598. The zero-order valence-electron chi connectivity index (χ0n) is 65.0. The van der Waals surface area contributed by atoms with Crippen LogP contribution in [0.25, 0.3) is 43.6 Å². The Morgan fingerprint density at radius 2 is 0.762 bits per heavy atom. The topological polar surface area (TPSA) is 344 Å². The SMILES string of the molecule is CN(C(=O)c1c2c(c(O)c3ncccc13)C(=O)N(Cc1ccc(F)cc1)C2)c1ccccn1.COC(=O)c1c2c(c(O)c3ncccc13)C(=O)N(Cc1ccc(F)cc1)C2.O=C(NC1CCCC1)c1c2c(c(O)c3ncccc13)C(=O)N(Cc1ccc(F)cc1)C2.O=C(Nc1nccs1)c1c2c(c(O)c3ncccc13)C(=O)N(Cc1ccc(F)cc1)C2. The molecule has 19 rings (SSSR count). The van der Waals surface area contributed by atoms with E-state index in [2.05, 4.69) is 40.5 Å². The van der Waals surface area contributed by atoms with Gasteiger partial charge < -0.3 is 50.1 Å². The number of aromatic nitrogens is 6. The van der Waals surface area contributed by atoms with Crippen LogP contribution in [-0.2, 0) is 57.1 Å². The van der Waals surface area contributed by atoms with Crippen molar-refractivity contribution >= 4 is 113 Å². The second-order valence-corrected chi connectivity index (χ2v) is 30.2. The third-order valence-electron chi connectivity index (χ3n) is 21.8. The van der Waals surface area contributed by atoms with Crippen LogP contribution in [0.4, 0.5) is 28.5 Å². The largest absolute Gasteiger partial charge is 0.505 e. The van der Waals surface area contributed by atoms with Gasteiger partial charge in [0.25, 0.3) is 41.4 Å². The van der Waals surface area contributed by atoms with E-state index >= 15 is 0 Å². The number of amides is 7. The van der Waals surface area contributed by atoms with Crippen molar-refractivity contribution in [2.75, 3.05) is 24.4 Å². The molecular formula is C91H71F4N13O13S. The molecule has 7 amide bonds. The van der Waals surface area contributed by atoms with Gasteiger partial charge in [-0.1, -0.05) is 91.7 Å². The number of carbonyl (C=O) groups is 8. The number of thiazole rings is 1. The van der Waals surface area contributed by atoms with Crippen molar-refractivity contribution in [2.24, 2.45) is 0 Å². The summed E-state index contributed by atoms with van der Waals surface area (Å²) >= 11 is 1.28. The number of hydrogen-bond acceptors (Lipinski definition) is 20. The number of halogens is 4. The lowest BCUT2D eigenvalue weighted by Crippen LogP contribution is -2.33. The van der Waals surface area contributed by atoms with Crippen molar-refractivity contribution in [3.8, 4) is 23.0 Å². The fourth-order valence-corrected chi connectivity index (χ4v) is 16.6. The van der Waals surface area contributed by atoms with E-state index in [0.717, 1.165) is 47.9 Å². The molecule has 26 nitrogen and oxygen atoms in total. The summed E-state index contributed by atoms with van der Waals surface area (Å²) in [7, 11) is 2.87. The standard InChI is InChI=1S/C25H19FN4O3.C24H22FN3O3.C22H15FN4O3S.C20H15FN2O4/c1-29(19-6-2-3-11-27-19)24(32)20-17-5-4-12-28-22(17)23(31)21-18(20)14-30(25(21)33)13-15-7-9-16(26)10-8-15;25-15-9-7-14(8-10-15)12-28-13-18-19(23(30)27-16-4-1-2-5-16)17-6-3-11-26-21(17)22(29)20(18)24(28)31;23-13-5-3-12(4-6-13)10-27-11-15-16(20(29)26-22-25-8-9-31-22)14-2-1-7-24-18(14)19(28)17(15)21(27)30;1-27-20(26)15-13-3-2-8-22-17(13)18(24)16-14(15)10-23(19(16)25)9-11-4-6-12(21)7-5-11/h2-12,31H,13-14H2,1H3;3,6-11,16,29H,1-2,4-5,12-13H2,(H,27,30);1-9,28H,10-11H2,(H,25,26,29);2-8,24H,9-10H2,1H3. The molecule has 5 aliphatic rings. The molecule has 10 heterocycles. The van der Waals surface area contributed by atoms with Gasteiger partial charge in [0, 0.05) is 152 Å². The number of ether oxygens (including phenoxy) is 1. The van der Waals surface area contributed by atoms with Gasteiger partial charge in [0.05, 0.1) is 51.6 Å². The van der Waals surface area contributed by atoms with Crippen molar-refractivity contribution in [3.05, 3.63) is 319 Å². The first-order valence-corrected chi connectivity index (χ1v) is 39.3. The Morgan fingerprint density at radius 1 is 0.426 bits per heavy atom. The fraction of sp³-hybridized carbons (Fsp3) is 0.165. The summed E-state index contributed by atoms with van der Waals surface area (Å²) in [5.74, 6) is -5.15. The highest BCUT2D eigenvalue weighted by molar-refractivity contribution is 7.13. The second-order valence-electron chi connectivity index (χ2n) is 29.3. The van der Waals surface area contributed by atoms with Crippen molar-refractivity contribution < 1.29 is 81.1 Å². The maximum Gasteiger partial charge on any atom is 0.338 e. The van der Waals surface area contributed by atoms with E-state index in [1.807, 2.05) is 0 Å². The minimum Gasteiger partial charge on any atom is -0.505 e. The minimum atomic E-state index is -0.597. The van der Waals surface area contributed by atoms with Crippen LogP contribution in [0, 0.1) is 23.3 Å². The summed E-state index contributed by atoms with van der Waals surface area (Å²) in [6.45, 7) is 1.47. The van der Waals surface area contributed by atoms with Crippen molar-refractivity contribution in [3.63, 3.8) is 0 Å². The van der Waals surface area contributed by atoms with Crippen LogP contribution >= 0.6 is 11.3 Å². The Morgan fingerprint density at radius 3 is 1.11 bits per heavy atom. The number of fused-ring (bicyclic) bond motifs is 8. The number of pyridine rings is 5. The maximum atomic E-state index is 13.6. The summed E-state index contributed by atoms with van der Waals surface area (Å²) in [6, 6.07) is 42.3. The molecule has 6 aromatic heterocycles. The first-order chi connectivity index (χ1) is 59.0. The number of carbonyl (C=O) groups excluding carboxylic acids is 8. The molecule has 1 fully saturated rings. The summed E-state index contributed by atoms with van der Waals surface area (Å²) in [4.78, 5) is 138. The molecule has 0 bridgehead atoms. The van der Waals surface area contributed by atoms with Gasteiger partial charge in [-0.15, -0.1) is 11.3 Å². The molecule has 0 radical (unpaired) electrons. The Labute approximate surface area is 695 Å². The number of anilines is 2. The van der Waals surface area contributed by atoms with Gasteiger partial charge in [0.15, 0.2) is 28.1 Å². The smallest absolute Gasteiger partial charge is 0.338 e. The van der Waals surface area contributed by atoms with Crippen LogP contribution in [0.3, 0.4) is 0 Å². The lowest BCUT2D eigenvalue weighted by atomic mass is 9.95. The van der Waals surface area contributed by atoms with Crippen molar-refractivity contribution in [1.82, 2.24) is 54.8 Å². The van der Waals surface area contributed by atoms with Gasteiger partial charge in [-0.3, -0.25) is 63.7 Å². The zero-order chi connectivity index (χ0) is 85.3. The molecule has 1 aliphatic carbocycles. The molecule has 4 aliphatic heterocycles. The van der Waals surface area contributed by atoms with Crippen molar-refractivity contribution in [1.29, 1.82) is 0 Å². The molecule has 122 heavy (non-hydrogen) atoms. The predicted octanol–water partition coefficient (Wildman–Crippen LogP) is 14.8. The summed E-state index contributed by atoms with van der Waals surface area (Å²) in [5.41, 5.74) is 7.08. The zero-order valence-corrected chi connectivity index (χ0v) is 65.8. The maximum absolute atomic E-state index is 13.6. The number of nitrogens with zero attached hydrogens (tertiary/aromatic N) is 11. The number of hydrogen-bond donors (Lipinski definition) is 6. The Balaban J connectivity index is 0.000000121. The van der Waals surface area contributed by atoms with Gasteiger partial charge >= 0.3 is 5.97 Å². The Bertz CT molecular complexity index is 6550. The van der Waals surface area contributed by atoms with E-state index in [1.165, 1.54) is 111 Å². The molecule has 0 unspecified atom stereocenters. The van der Waals surface area contributed by atoms with Crippen molar-refractivity contribution in [2.45, 2.75) is 84.1 Å². The molecule has 1 saturated carbocycles. The number of phenolic OH excluding ortho intramolecular Hbond substituents is 4.